The van der Waals surface area contributed by atoms with Gasteiger partial charge in [-0.2, -0.15) is 0 Å². The van der Waals surface area contributed by atoms with Gasteiger partial charge >= 0.3 is 0 Å². The van der Waals surface area contributed by atoms with Gasteiger partial charge in [0.25, 0.3) is 11.6 Å². The van der Waals surface area contributed by atoms with Gasteiger partial charge in [-0.1, -0.05) is 18.5 Å². The third-order valence-electron chi connectivity index (χ3n) is 2.41. The summed E-state index contributed by atoms with van der Waals surface area (Å²) in [6.45, 7) is 2.66. The molecule has 1 rings (SSSR count). The third-order valence-corrected chi connectivity index (χ3v) is 2.65. The Hall–Kier alpha value is -1.66. The van der Waals surface area contributed by atoms with Crippen molar-refractivity contribution in [1.82, 2.24) is 5.32 Å². The summed E-state index contributed by atoms with van der Waals surface area (Å²) in [5.74, 6) is -0.420. The number of hydrogen-bond donors (Lipinski definition) is 2. The van der Waals surface area contributed by atoms with Gasteiger partial charge in [-0.05, 0) is 24.6 Å². The van der Waals surface area contributed by atoms with Gasteiger partial charge < -0.3 is 11.1 Å². The van der Waals surface area contributed by atoms with E-state index in [4.69, 9.17) is 17.3 Å². The summed E-state index contributed by atoms with van der Waals surface area (Å²) >= 11 is 5.73. The molecule has 0 bridgehead atoms. The largest absolute Gasteiger partial charge is 0.351 e. The highest BCUT2D eigenvalue weighted by Gasteiger charge is 2.20. The molecule has 98 valence electrons. The first-order valence-electron chi connectivity index (χ1n) is 5.38. The zero-order valence-corrected chi connectivity index (χ0v) is 10.6. The lowest BCUT2D eigenvalue weighted by Crippen LogP contribution is -2.31. The van der Waals surface area contributed by atoms with E-state index in [1.165, 1.54) is 18.2 Å². The Kier molecular flexibility index (Phi) is 5.06. The summed E-state index contributed by atoms with van der Waals surface area (Å²) in [4.78, 5) is 22.0. The van der Waals surface area contributed by atoms with E-state index in [9.17, 15) is 14.9 Å². The second-order valence-corrected chi connectivity index (χ2v) is 4.41. The normalized spacial score (nSPS) is 11.9. The van der Waals surface area contributed by atoms with E-state index < -0.39 is 10.8 Å². The molecule has 18 heavy (non-hydrogen) atoms. The zero-order valence-electron chi connectivity index (χ0n) is 9.85. The first-order valence-corrected chi connectivity index (χ1v) is 5.75. The standard InChI is InChI=1S/C11H14ClN3O3/c1-7(5-13)6-14-11(16)9-4-8(12)2-3-10(9)15(17)18/h2-4,7H,5-6,13H2,1H3,(H,14,16). The van der Waals surface area contributed by atoms with Crippen molar-refractivity contribution in [3.8, 4) is 0 Å². The van der Waals surface area contributed by atoms with E-state index in [1.54, 1.807) is 0 Å². The summed E-state index contributed by atoms with van der Waals surface area (Å²) in [7, 11) is 0. The molecule has 1 amide bonds. The second-order valence-electron chi connectivity index (χ2n) is 3.97. The molecular weight excluding hydrogens is 258 g/mol. The summed E-state index contributed by atoms with van der Waals surface area (Å²) in [5.41, 5.74) is 5.11. The van der Waals surface area contributed by atoms with Gasteiger partial charge in [-0.15, -0.1) is 0 Å². The van der Waals surface area contributed by atoms with Crippen molar-refractivity contribution in [1.29, 1.82) is 0 Å². The Morgan fingerprint density at radius 3 is 2.83 bits per heavy atom. The maximum Gasteiger partial charge on any atom is 0.282 e. The maximum atomic E-state index is 11.8. The summed E-state index contributed by atoms with van der Waals surface area (Å²) in [5, 5.41) is 13.7. The summed E-state index contributed by atoms with van der Waals surface area (Å²) < 4.78 is 0. The second kappa shape index (κ2) is 6.32. The molecule has 1 unspecified atom stereocenters. The topological polar surface area (TPSA) is 98.3 Å². The molecule has 0 fully saturated rings. The minimum atomic E-state index is -0.613. The van der Waals surface area contributed by atoms with Gasteiger partial charge in [-0.25, -0.2) is 0 Å². The summed E-state index contributed by atoms with van der Waals surface area (Å²) in [6.07, 6.45) is 0. The van der Waals surface area contributed by atoms with Crippen molar-refractivity contribution in [2.45, 2.75) is 6.92 Å². The van der Waals surface area contributed by atoms with Crippen molar-refractivity contribution in [3.63, 3.8) is 0 Å². The van der Waals surface area contributed by atoms with Crippen LogP contribution in [0, 0.1) is 16.0 Å². The van der Waals surface area contributed by atoms with Gasteiger partial charge in [0, 0.05) is 17.6 Å². The third kappa shape index (κ3) is 3.68. The van der Waals surface area contributed by atoms with Crippen molar-refractivity contribution >= 4 is 23.2 Å². The maximum absolute atomic E-state index is 11.8. The van der Waals surface area contributed by atoms with E-state index in [0.717, 1.165) is 0 Å². The Morgan fingerprint density at radius 1 is 1.61 bits per heavy atom. The number of nitro groups is 1. The molecule has 0 saturated heterocycles. The van der Waals surface area contributed by atoms with Crippen molar-refractivity contribution < 1.29 is 9.72 Å². The molecule has 0 aliphatic rings. The monoisotopic (exact) mass is 271 g/mol. The average Bonchev–Trinajstić information content (AvgIpc) is 2.34. The van der Waals surface area contributed by atoms with Gasteiger partial charge in [0.15, 0.2) is 0 Å². The van der Waals surface area contributed by atoms with Crippen molar-refractivity contribution in [2.24, 2.45) is 11.7 Å². The number of nitrogens with two attached hydrogens (primary N) is 1. The van der Waals surface area contributed by atoms with Gasteiger partial charge in [0.2, 0.25) is 0 Å². The van der Waals surface area contributed by atoms with Gasteiger partial charge in [-0.3, -0.25) is 14.9 Å². The minimum Gasteiger partial charge on any atom is -0.351 e. The number of carbonyl (C=O) groups is 1. The fourth-order valence-corrected chi connectivity index (χ4v) is 1.47. The number of nitrogens with one attached hydrogen (secondary N) is 1. The van der Waals surface area contributed by atoms with Crippen LogP contribution >= 0.6 is 11.6 Å². The predicted molar refractivity (Wildman–Crippen MR) is 68.7 cm³/mol. The highest BCUT2D eigenvalue weighted by Crippen LogP contribution is 2.22. The van der Waals surface area contributed by atoms with E-state index in [2.05, 4.69) is 5.32 Å². The molecule has 0 saturated carbocycles. The van der Waals surface area contributed by atoms with Crippen LogP contribution in [0.4, 0.5) is 5.69 Å². The smallest absolute Gasteiger partial charge is 0.282 e. The number of nitrogens with zero attached hydrogens (tertiary/aromatic N) is 1. The quantitative estimate of drug-likeness (QED) is 0.627. The SMILES string of the molecule is CC(CN)CNC(=O)c1cc(Cl)ccc1[N+](=O)[O-]. The van der Waals surface area contributed by atoms with Gasteiger partial charge in [0.05, 0.1) is 4.92 Å². The molecule has 0 heterocycles. The number of amides is 1. The van der Waals surface area contributed by atoms with E-state index >= 15 is 0 Å². The number of halogens is 1. The number of nitro benzene ring substituents is 1. The zero-order chi connectivity index (χ0) is 13.7. The number of carbonyl (C=O) groups excluding carboxylic acids is 1. The van der Waals surface area contributed by atoms with Crippen LogP contribution in [0.15, 0.2) is 18.2 Å². The molecule has 7 heteroatoms. The average molecular weight is 272 g/mol. The first kappa shape index (κ1) is 14.4. The van der Waals surface area contributed by atoms with Crippen molar-refractivity contribution in [2.75, 3.05) is 13.1 Å². The Labute approximate surface area is 109 Å². The highest BCUT2D eigenvalue weighted by atomic mass is 35.5. The molecule has 0 aliphatic heterocycles. The molecule has 1 aromatic carbocycles. The molecular formula is C11H14ClN3O3. The van der Waals surface area contributed by atoms with Crippen LogP contribution in [-0.2, 0) is 0 Å². The Balaban J connectivity index is 2.90. The number of rotatable bonds is 5. The minimum absolute atomic E-state index is 0.0447. The van der Waals surface area contributed by atoms with Crippen LogP contribution in [0.1, 0.15) is 17.3 Å². The lowest BCUT2D eigenvalue weighted by Gasteiger charge is -2.10. The van der Waals surface area contributed by atoms with Crippen LogP contribution in [-0.4, -0.2) is 23.9 Å². The van der Waals surface area contributed by atoms with Crippen molar-refractivity contribution in [3.05, 3.63) is 38.9 Å². The lowest BCUT2D eigenvalue weighted by atomic mass is 10.1. The molecule has 1 atom stereocenters. The van der Waals surface area contributed by atoms with Crippen LogP contribution < -0.4 is 11.1 Å². The Morgan fingerprint density at radius 2 is 2.28 bits per heavy atom. The molecule has 0 spiro atoms. The highest BCUT2D eigenvalue weighted by molar-refractivity contribution is 6.31. The fourth-order valence-electron chi connectivity index (χ4n) is 1.29. The number of benzene rings is 1. The molecule has 6 nitrogen and oxygen atoms in total. The molecule has 0 radical (unpaired) electrons. The van der Waals surface area contributed by atoms with E-state index in [-0.39, 0.29) is 22.2 Å². The molecule has 0 aliphatic carbocycles. The summed E-state index contributed by atoms with van der Waals surface area (Å²) in [6, 6.07) is 3.87. The van der Waals surface area contributed by atoms with Crippen LogP contribution in [0.25, 0.3) is 0 Å². The van der Waals surface area contributed by atoms with Gasteiger partial charge in [0.1, 0.15) is 5.56 Å². The molecule has 1 aromatic rings. The first-order chi connectivity index (χ1) is 8.45. The van der Waals surface area contributed by atoms with E-state index in [0.29, 0.717) is 13.1 Å². The fraction of sp³-hybridized carbons (Fsp3) is 0.364. The van der Waals surface area contributed by atoms with Crippen LogP contribution in [0.3, 0.4) is 0 Å². The molecule has 3 N–H and O–H groups in total. The predicted octanol–water partition coefficient (Wildman–Crippen LogP) is 1.57. The number of hydrogen-bond acceptors (Lipinski definition) is 4. The lowest BCUT2D eigenvalue weighted by molar-refractivity contribution is -0.385. The Bertz CT molecular complexity index is 465. The molecule has 0 aromatic heterocycles. The van der Waals surface area contributed by atoms with E-state index in [1.807, 2.05) is 6.92 Å². The van der Waals surface area contributed by atoms with Crippen LogP contribution in [0.2, 0.25) is 5.02 Å². The van der Waals surface area contributed by atoms with Crippen LogP contribution in [0.5, 0.6) is 0 Å².